The van der Waals surface area contributed by atoms with E-state index < -0.39 is 18.2 Å². The normalized spacial score (nSPS) is 11.8. The fourth-order valence-electron chi connectivity index (χ4n) is 4.03. The third-order valence-electron chi connectivity index (χ3n) is 6.46. The van der Waals surface area contributed by atoms with E-state index in [-0.39, 0.29) is 53.7 Å². The Balaban J connectivity index is 0.00000270. The van der Waals surface area contributed by atoms with E-state index in [1.165, 1.54) is 11.8 Å². The SMILES string of the molecule is CC(C)SC(C=O)CC(=O)N(C)CCCCCNC(C(=O)NCC(=O)Nc1ccc(COC(=O)O)cc1)C(C)C.CCCNC(N)=O. The first-order valence-corrected chi connectivity index (χ1v) is 16.8. The van der Waals surface area contributed by atoms with E-state index in [9.17, 15) is 28.8 Å². The zero-order valence-electron chi connectivity index (χ0n) is 28.5. The third kappa shape index (κ3) is 22.3. The Morgan fingerprint density at radius 1 is 1.00 bits per heavy atom. The van der Waals surface area contributed by atoms with Crippen molar-refractivity contribution in [1.82, 2.24) is 20.9 Å². The van der Waals surface area contributed by atoms with Crippen LogP contribution in [0.3, 0.4) is 0 Å². The molecule has 7 N–H and O–H groups in total. The molecule has 0 heterocycles. The molecule has 2 atom stereocenters. The van der Waals surface area contributed by atoms with Crippen molar-refractivity contribution < 1.29 is 38.6 Å². The van der Waals surface area contributed by atoms with Gasteiger partial charge in [-0.25, -0.2) is 9.59 Å². The van der Waals surface area contributed by atoms with Crippen LogP contribution in [0.5, 0.6) is 0 Å². The number of ether oxygens (including phenoxy) is 1. The summed E-state index contributed by atoms with van der Waals surface area (Å²) >= 11 is 1.50. The number of carbonyl (C=O) groups excluding carboxylic acids is 5. The number of amides is 5. The number of hydrogen-bond acceptors (Lipinski definition) is 9. The van der Waals surface area contributed by atoms with Gasteiger partial charge >= 0.3 is 12.2 Å². The number of nitrogens with zero attached hydrogens (tertiary/aromatic N) is 1. The first-order chi connectivity index (χ1) is 22.2. The molecule has 0 spiro atoms. The summed E-state index contributed by atoms with van der Waals surface area (Å²) in [4.78, 5) is 70.5. The van der Waals surface area contributed by atoms with E-state index in [1.807, 2.05) is 34.6 Å². The summed E-state index contributed by atoms with van der Waals surface area (Å²) in [7, 11) is 1.75. The summed E-state index contributed by atoms with van der Waals surface area (Å²) in [6, 6.07) is 5.64. The zero-order chi connectivity index (χ0) is 35.8. The summed E-state index contributed by atoms with van der Waals surface area (Å²) < 4.78 is 4.50. The van der Waals surface area contributed by atoms with Gasteiger partial charge in [-0.2, -0.15) is 0 Å². The first-order valence-electron chi connectivity index (χ1n) is 15.8. The summed E-state index contributed by atoms with van der Waals surface area (Å²) in [6.45, 7) is 11.5. The first kappa shape index (κ1) is 43.1. The van der Waals surface area contributed by atoms with E-state index in [0.29, 0.717) is 30.9 Å². The molecule has 0 radical (unpaired) electrons. The van der Waals surface area contributed by atoms with Gasteiger partial charge in [0, 0.05) is 32.2 Å². The average Bonchev–Trinajstić information content (AvgIpc) is 3.01. The van der Waals surface area contributed by atoms with Crippen molar-refractivity contribution in [3.8, 4) is 0 Å². The number of nitrogens with two attached hydrogens (primary N) is 1. The van der Waals surface area contributed by atoms with Gasteiger partial charge in [0.25, 0.3) is 0 Å². The Labute approximate surface area is 282 Å². The molecule has 0 bridgehead atoms. The van der Waals surface area contributed by atoms with E-state index in [0.717, 1.165) is 32.0 Å². The lowest BCUT2D eigenvalue weighted by atomic mass is 10.0. The summed E-state index contributed by atoms with van der Waals surface area (Å²) in [5.74, 6) is -0.667. The van der Waals surface area contributed by atoms with Gasteiger partial charge in [-0.1, -0.05) is 53.2 Å². The van der Waals surface area contributed by atoms with Crippen molar-refractivity contribution >= 4 is 53.6 Å². The van der Waals surface area contributed by atoms with Gasteiger partial charge in [-0.05, 0) is 54.7 Å². The van der Waals surface area contributed by atoms with Gasteiger partial charge in [-0.3, -0.25) is 14.4 Å². The molecule has 5 amide bonds. The van der Waals surface area contributed by atoms with Crippen molar-refractivity contribution in [3.05, 3.63) is 29.8 Å². The Bertz CT molecular complexity index is 1100. The molecular weight excluding hydrogens is 628 g/mol. The van der Waals surface area contributed by atoms with Gasteiger partial charge in [-0.15, -0.1) is 11.8 Å². The molecule has 2 unspecified atom stereocenters. The van der Waals surface area contributed by atoms with Crippen LogP contribution in [0.4, 0.5) is 15.3 Å². The molecule has 15 heteroatoms. The number of carbonyl (C=O) groups is 6. The van der Waals surface area contributed by atoms with Crippen LogP contribution in [-0.2, 0) is 30.5 Å². The maximum Gasteiger partial charge on any atom is 0.506 e. The fraction of sp³-hybridized carbons (Fsp3) is 0.625. The van der Waals surface area contributed by atoms with Gasteiger partial charge in [0.05, 0.1) is 17.8 Å². The van der Waals surface area contributed by atoms with Crippen LogP contribution in [0.25, 0.3) is 0 Å². The molecular formula is C32H54N6O8S. The molecule has 1 rings (SSSR count). The van der Waals surface area contributed by atoms with Crippen molar-refractivity contribution in [2.24, 2.45) is 11.7 Å². The highest BCUT2D eigenvalue weighted by atomic mass is 32.2. The number of urea groups is 1. The second kappa shape index (κ2) is 25.3. The largest absolute Gasteiger partial charge is 0.506 e. The second-order valence-corrected chi connectivity index (χ2v) is 13.2. The predicted octanol–water partition coefficient (Wildman–Crippen LogP) is 3.34. The molecule has 0 fully saturated rings. The van der Waals surface area contributed by atoms with Crippen LogP contribution >= 0.6 is 11.8 Å². The number of thioether (sulfide) groups is 1. The molecule has 0 aliphatic heterocycles. The minimum atomic E-state index is -1.36. The van der Waals surface area contributed by atoms with Crippen molar-refractivity contribution in [1.29, 1.82) is 0 Å². The number of hydrogen-bond donors (Lipinski definition) is 6. The number of unbranched alkanes of at least 4 members (excludes halogenated alkanes) is 2. The number of anilines is 1. The molecule has 0 aliphatic carbocycles. The van der Waals surface area contributed by atoms with Gasteiger partial charge in [0.2, 0.25) is 17.7 Å². The molecule has 0 aliphatic rings. The van der Waals surface area contributed by atoms with Gasteiger partial charge in [0.1, 0.15) is 12.9 Å². The quantitative estimate of drug-likeness (QED) is 0.0633. The van der Waals surface area contributed by atoms with E-state index >= 15 is 0 Å². The minimum absolute atomic E-state index is 0.0156. The maximum absolute atomic E-state index is 12.7. The lowest BCUT2D eigenvalue weighted by molar-refractivity contribution is -0.130. The van der Waals surface area contributed by atoms with E-state index in [4.69, 9.17) is 10.8 Å². The Kier molecular flexibility index (Phi) is 23.2. The summed E-state index contributed by atoms with van der Waals surface area (Å²) in [6.07, 6.45) is 3.15. The summed E-state index contributed by atoms with van der Waals surface area (Å²) in [5, 5.41) is 19.6. The topological polar surface area (TPSA) is 209 Å². The highest BCUT2D eigenvalue weighted by Gasteiger charge is 2.22. The Hall–Kier alpha value is -3.85. The van der Waals surface area contributed by atoms with Crippen LogP contribution < -0.4 is 27.0 Å². The lowest BCUT2D eigenvalue weighted by Gasteiger charge is -2.22. The number of primary amides is 1. The molecule has 1 aromatic carbocycles. The molecule has 0 saturated carbocycles. The van der Waals surface area contributed by atoms with Crippen molar-refractivity contribution in [3.63, 3.8) is 0 Å². The third-order valence-corrected chi connectivity index (χ3v) is 7.63. The van der Waals surface area contributed by atoms with Crippen LogP contribution in [0.2, 0.25) is 0 Å². The predicted molar refractivity (Wildman–Crippen MR) is 184 cm³/mol. The number of rotatable bonds is 21. The van der Waals surface area contributed by atoms with Crippen LogP contribution in [0.15, 0.2) is 24.3 Å². The number of nitrogens with one attached hydrogen (secondary N) is 4. The molecule has 0 saturated heterocycles. The molecule has 47 heavy (non-hydrogen) atoms. The van der Waals surface area contributed by atoms with Gasteiger partial charge in [0.15, 0.2) is 0 Å². The zero-order valence-corrected chi connectivity index (χ0v) is 29.3. The minimum Gasteiger partial charge on any atom is -0.450 e. The van der Waals surface area contributed by atoms with E-state index in [1.54, 1.807) is 36.2 Å². The second-order valence-electron chi connectivity index (χ2n) is 11.4. The van der Waals surface area contributed by atoms with Crippen LogP contribution in [-0.4, -0.2) is 96.0 Å². The standard InChI is InChI=1S/C28H44N4O7S.C4H10N2O/c1-19(2)26(29-13-7-6-8-14-32(5)25(35)15-23(17-33)40-20(3)4)27(36)30-16-24(34)31-22-11-9-21(10-12-22)18-39-28(37)38;1-2-3-6-4(5)7/h9-12,17,19-20,23,26,29H,6-8,13-16,18H2,1-5H3,(H,30,36)(H,31,34)(H,37,38);2-3H2,1H3,(H3,5,6,7). The lowest BCUT2D eigenvalue weighted by Crippen LogP contribution is -2.49. The number of benzene rings is 1. The number of aldehydes is 1. The molecule has 266 valence electrons. The monoisotopic (exact) mass is 682 g/mol. The van der Waals surface area contributed by atoms with E-state index in [2.05, 4.69) is 26.0 Å². The number of carboxylic acid groups (broad SMARTS) is 1. The van der Waals surface area contributed by atoms with Crippen molar-refractivity contribution in [2.45, 2.75) is 89.9 Å². The summed E-state index contributed by atoms with van der Waals surface area (Å²) in [5.41, 5.74) is 5.89. The van der Waals surface area contributed by atoms with Gasteiger partial charge < -0.3 is 46.5 Å². The van der Waals surface area contributed by atoms with Crippen molar-refractivity contribution in [2.75, 3.05) is 38.5 Å². The Morgan fingerprint density at radius 3 is 2.17 bits per heavy atom. The highest BCUT2D eigenvalue weighted by molar-refractivity contribution is 8.01. The average molecular weight is 683 g/mol. The maximum atomic E-state index is 12.7. The molecule has 1 aromatic rings. The smallest absolute Gasteiger partial charge is 0.450 e. The molecule has 0 aromatic heterocycles. The fourth-order valence-corrected chi connectivity index (χ4v) is 5.03. The van der Waals surface area contributed by atoms with Crippen LogP contribution in [0, 0.1) is 5.92 Å². The molecule has 14 nitrogen and oxygen atoms in total. The Morgan fingerprint density at radius 2 is 1.66 bits per heavy atom. The van der Waals surface area contributed by atoms with Crippen LogP contribution in [0.1, 0.15) is 72.3 Å². The highest BCUT2D eigenvalue weighted by Crippen LogP contribution is 2.19.